The van der Waals surface area contributed by atoms with E-state index in [0.717, 1.165) is 27.3 Å². The van der Waals surface area contributed by atoms with Gasteiger partial charge in [0.15, 0.2) is 6.17 Å². The largest absolute Gasteiger partial charge is 0.349 e. The summed E-state index contributed by atoms with van der Waals surface area (Å²) in [7, 11) is -3.68. The topological polar surface area (TPSA) is 113 Å². The van der Waals surface area contributed by atoms with Crippen LogP contribution in [-0.2, 0) is 27.9 Å². The number of rotatable bonds is 6. The van der Waals surface area contributed by atoms with E-state index in [-0.39, 0.29) is 25.5 Å². The molecular formula is C21H26N4O4S. The summed E-state index contributed by atoms with van der Waals surface area (Å²) in [4.78, 5) is 27.3. The lowest BCUT2D eigenvalue weighted by Crippen LogP contribution is -2.53. The van der Waals surface area contributed by atoms with Crippen molar-refractivity contribution in [3.05, 3.63) is 70.8 Å². The maximum absolute atomic E-state index is 13.0. The lowest BCUT2D eigenvalue weighted by molar-refractivity contribution is -0.127. The first-order valence-electron chi connectivity index (χ1n) is 9.61. The van der Waals surface area contributed by atoms with E-state index >= 15 is 0 Å². The van der Waals surface area contributed by atoms with E-state index in [2.05, 4.69) is 5.32 Å². The van der Waals surface area contributed by atoms with Crippen LogP contribution in [0.5, 0.6) is 0 Å². The van der Waals surface area contributed by atoms with Crippen LogP contribution in [0, 0.1) is 6.92 Å². The Hall–Kier alpha value is -2.75. The minimum Gasteiger partial charge on any atom is -0.349 e. The lowest BCUT2D eigenvalue weighted by atomic mass is 10.1. The van der Waals surface area contributed by atoms with Gasteiger partial charge in [0.25, 0.3) is 11.8 Å². The molecule has 1 aliphatic rings. The van der Waals surface area contributed by atoms with E-state index in [1.807, 2.05) is 31.2 Å². The molecule has 0 saturated carbocycles. The molecule has 1 saturated heterocycles. The number of nitrogens with zero attached hydrogens (tertiary/aromatic N) is 2. The van der Waals surface area contributed by atoms with E-state index < -0.39 is 22.1 Å². The highest BCUT2D eigenvalue weighted by molar-refractivity contribution is 7.88. The number of hydrogen-bond donors (Lipinski definition) is 2. The van der Waals surface area contributed by atoms with E-state index in [1.165, 1.54) is 4.90 Å². The average Bonchev–Trinajstić information content (AvgIpc) is 3.18. The number of nitrogens with two attached hydrogens (primary N) is 1. The summed E-state index contributed by atoms with van der Waals surface area (Å²) in [5.74, 6) is -0.928. The van der Waals surface area contributed by atoms with Crippen LogP contribution in [0.2, 0.25) is 0 Å². The minimum atomic E-state index is -3.68. The Morgan fingerprint density at radius 3 is 2.40 bits per heavy atom. The van der Waals surface area contributed by atoms with Crippen molar-refractivity contribution in [2.75, 3.05) is 19.3 Å². The summed E-state index contributed by atoms with van der Waals surface area (Å²) in [6.07, 6.45) is -0.191. The molecule has 1 unspecified atom stereocenters. The lowest BCUT2D eigenvalue weighted by Gasteiger charge is -2.28. The van der Waals surface area contributed by atoms with Crippen LogP contribution in [0.25, 0.3) is 0 Å². The third-order valence-electron chi connectivity index (χ3n) is 5.04. The molecule has 2 aromatic carbocycles. The van der Waals surface area contributed by atoms with E-state index in [0.29, 0.717) is 12.1 Å². The molecule has 0 radical (unpaired) electrons. The Kier molecular flexibility index (Phi) is 6.55. The molecular weight excluding hydrogens is 404 g/mol. The van der Waals surface area contributed by atoms with Gasteiger partial charge in [-0.05, 0) is 30.2 Å². The van der Waals surface area contributed by atoms with Gasteiger partial charge in [-0.1, -0.05) is 42.0 Å². The predicted molar refractivity (Wildman–Crippen MR) is 114 cm³/mol. The number of amides is 2. The van der Waals surface area contributed by atoms with Crippen molar-refractivity contribution in [1.82, 2.24) is 14.5 Å². The van der Waals surface area contributed by atoms with Gasteiger partial charge in [0.2, 0.25) is 10.0 Å². The number of benzene rings is 2. The van der Waals surface area contributed by atoms with Gasteiger partial charge in [-0.15, -0.1) is 0 Å². The first-order valence-corrected chi connectivity index (χ1v) is 11.5. The number of hydrogen-bond acceptors (Lipinski definition) is 5. The first-order chi connectivity index (χ1) is 14.2. The molecule has 2 amide bonds. The Labute approximate surface area is 176 Å². The zero-order valence-corrected chi connectivity index (χ0v) is 17.9. The van der Waals surface area contributed by atoms with Crippen LogP contribution >= 0.6 is 0 Å². The Morgan fingerprint density at radius 1 is 1.10 bits per heavy atom. The monoisotopic (exact) mass is 430 g/mol. The average molecular weight is 431 g/mol. The molecule has 30 heavy (non-hydrogen) atoms. The zero-order valence-electron chi connectivity index (χ0n) is 17.0. The normalized spacial score (nSPS) is 17.2. The SMILES string of the molecule is Cc1ccc(C(=O)N2CCN(S(C)(=O)=O)C2C(=O)NCc2cccc(CN)c2)cc1. The van der Waals surface area contributed by atoms with Crippen molar-refractivity contribution >= 4 is 21.8 Å². The predicted octanol–water partition coefficient (Wildman–Crippen LogP) is 0.814. The first kappa shape index (κ1) is 21.9. The summed E-state index contributed by atoms with van der Waals surface area (Å²) in [6.45, 7) is 2.70. The van der Waals surface area contributed by atoms with Gasteiger partial charge in [-0.3, -0.25) is 9.59 Å². The smallest absolute Gasteiger partial charge is 0.259 e. The highest BCUT2D eigenvalue weighted by Crippen LogP contribution is 2.21. The maximum Gasteiger partial charge on any atom is 0.259 e. The molecule has 160 valence electrons. The van der Waals surface area contributed by atoms with Crippen molar-refractivity contribution in [2.24, 2.45) is 5.73 Å². The molecule has 2 aromatic rings. The fourth-order valence-electron chi connectivity index (χ4n) is 3.45. The molecule has 0 aliphatic carbocycles. The number of carbonyl (C=O) groups is 2. The quantitative estimate of drug-likeness (QED) is 0.704. The fourth-order valence-corrected chi connectivity index (χ4v) is 4.43. The molecule has 0 spiro atoms. The summed E-state index contributed by atoms with van der Waals surface area (Å²) in [5, 5.41) is 2.76. The maximum atomic E-state index is 13.0. The number of carbonyl (C=O) groups excluding carboxylic acids is 2. The summed E-state index contributed by atoms with van der Waals surface area (Å²) >= 11 is 0. The minimum absolute atomic E-state index is 0.0666. The van der Waals surface area contributed by atoms with Gasteiger partial charge in [0, 0.05) is 31.7 Å². The second-order valence-electron chi connectivity index (χ2n) is 7.35. The summed E-state index contributed by atoms with van der Waals surface area (Å²) < 4.78 is 25.6. The fraction of sp³-hybridized carbons (Fsp3) is 0.333. The van der Waals surface area contributed by atoms with Gasteiger partial charge in [-0.2, -0.15) is 4.31 Å². The van der Waals surface area contributed by atoms with Crippen molar-refractivity contribution in [1.29, 1.82) is 0 Å². The second kappa shape index (κ2) is 8.95. The molecule has 3 rings (SSSR count). The molecule has 0 bridgehead atoms. The van der Waals surface area contributed by atoms with Crippen molar-refractivity contribution in [3.63, 3.8) is 0 Å². The van der Waals surface area contributed by atoms with Gasteiger partial charge >= 0.3 is 0 Å². The summed E-state index contributed by atoms with van der Waals surface area (Å²) in [5.41, 5.74) is 8.82. The van der Waals surface area contributed by atoms with Crippen LogP contribution in [0.1, 0.15) is 27.0 Å². The molecule has 1 fully saturated rings. The second-order valence-corrected chi connectivity index (χ2v) is 9.29. The summed E-state index contributed by atoms with van der Waals surface area (Å²) in [6, 6.07) is 14.4. The van der Waals surface area contributed by atoms with Crippen LogP contribution in [0.3, 0.4) is 0 Å². The van der Waals surface area contributed by atoms with E-state index in [4.69, 9.17) is 5.73 Å². The highest BCUT2D eigenvalue weighted by Gasteiger charge is 2.44. The molecule has 8 nitrogen and oxygen atoms in total. The Balaban J connectivity index is 1.82. The molecule has 9 heteroatoms. The van der Waals surface area contributed by atoms with Gasteiger partial charge in [-0.25, -0.2) is 8.42 Å². The van der Waals surface area contributed by atoms with Gasteiger partial charge in [0.05, 0.1) is 6.26 Å². The molecule has 0 aromatic heterocycles. The number of aryl methyl sites for hydroxylation is 1. The number of sulfonamides is 1. The van der Waals surface area contributed by atoms with Crippen LogP contribution in [0.4, 0.5) is 0 Å². The molecule has 1 heterocycles. The third-order valence-corrected chi connectivity index (χ3v) is 6.28. The van der Waals surface area contributed by atoms with Crippen molar-refractivity contribution in [2.45, 2.75) is 26.2 Å². The van der Waals surface area contributed by atoms with Crippen molar-refractivity contribution < 1.29 is 18.0 Å². The standard InChI is InChI=1S/C21H26N4O4S/c1-15-6-8-18(9-7-15)21(27)24-10-11-25(30(2,28)29)20(24)19(26)23-14-17-5-3-4-16(12-17)13-22/h3-9,12,20H,10-11,13-14,22H2,1-2H3,(H,23,26). The van der Waals surface area contributed by atoms with Crippen molar-refractivity contribution in [3.8, 4) is 0 Å². The molecule has 1 aliphatic heterocycles. The Morgan fingerprint density at radius 2 is 1.77 bits per heavy atom. The van der Waals surface area contributed by atoms with Crippen LogP contribution < -0.4 is 11.1 Å². The number of nitrogens with one attached hydrogen (secondary N) is 1. The third kappa shape index (κ3) is 4.86. The zero-order chi connectivity index (χ0) is 21.9. The Bertz CT molecular complexity index is 1040. The van der Waals surface area contributed by atoms with E-state index in [9.17, 15) is 18.0 Å². The van der Waals surface area contributed by atoms with E-state index in [1.54, 1.807) is 24.3 Å². The highest BCUT2D eigenvalue weighted by atomic mass is 32.2. The van der Waals surface area contributed by atoms with Gasteiger partial charge < -0.3 is 16.0 Å². The van der Waals surface area contributed by atoms with Crippen LogP contribution in [0.15, 0.2) is 48.5 Å². The molecule has 1 atom stereocenters. The van der Waals surface area contributed by atoms with Crippen LogP contribution in [-0.4, -0.2) is 54.9 Å². The molecule has 3 N–H and O–H groups in total. The van der Waals surface area contributed by atoms with Gasteiger partial charge in [0.1, 0.15) is 0 Å².